The molecule has 4 nitrogen and oxygen atoms in total. The van der Waals surface area contributed by atoms with Crippen molar-refractivity contribution in [2.24, 2.45) is 0 Å². The molecule has 0 radical (unpaired) electrons. The van der Waals surface area contributed by atoms with Crippen LogP contribution in [-0.2, 0) is 11.3 Å². The zero-order valence-electron chi connectivity index (χ0n) is 4.99. The van der Waals surface area contributed by atoms with Crippen molar-refractivity contribution in [1.29, 1.82) is 0 Å². The lowest BCUT2D eigenvalue weighted by molar-refractivity contribution is -0.137. The van der Waals surface area contributed by atoms with Gasteiger partial charge < -0.3 is 5.11 Å². The van der Waals surface area contributed by atoms with Gasteiger partial charge in [-0.05, 0) is 0 Å². The molecule has 0 fully saturated rings. The lowest BCUT2D eigenvalue weighted by Gasteiger charge is -1.91. The van der Waals surface area contributed by atoms with E-state index in [1.165, 1.54) is 0 Å². The van der Waals surface area contributed by atoms with Crippen LogP contribution in [0.15, 0.2) is 12.4 Å². The highest BCUT2D eigenvalue weighted by molar-refractivity contribution is 5.66. The van der Waals surface area contributed by atoms with Gasteiger partial charge in [-0.25, -0.2) is 4.39 Å². The topological polar surface area (TPSA) is 55.1 Å². The third kappa shape index (κ3) is 1.54. The van der Waals surface area contributed by atoms with E-state index in [9.17, 15) is 9.18 Å². The van der Waals surface area contributed by atoms with Gasteiger partial charge in [0.2, 0.25) is 0 Å². The second kappa shape index (κ2) is 2.47. The summed E-state index contributed by atoms with van der Waals surface area (Å²) in [4.78, 5) is 9.99. The van der Waals surface area contributed by atoms with Gasteiger partial charge >= 0.3 is 5.97 Å². The Hall–Kier alpha value is -1.39. The molecule has 1 aromatic rings. The summed E-state index contributed by atoms with van der Waals surface area (Å²) in [5.41, 5.74) is 0. The van der Waals surface area contributed by atoms with E-state index in [0.717, 1.165) is 17.1 Å². The zero-order chi connectivity index (χ0) is 7.56. The second-order valence-corrected chi connectivity index (χ2v) is 1.75. The Morgan fingerprint density at radius 3 is 3.00 bits per heavy atom. The quantitative estimate of drug-likeness (QED) is 0.640. The van der Waals surface area contributed by atoms with Crippen molar-refractivity contribution in [3.8, 4) is 0 Å². The van der Waals surface area contributed by atoms with Crippen LogP contribution in [-0.4, -0.2) is 20.9 Å². The van der Waals surface area contributed by atoms with Gasteiger partial charge in [-0.3, -0.25) is 9.48 Å². The van der Waals surface area contributed by atoms with Crippen LogP contribution >= 0.6 is 0 Å². The van der Waals surface area contributed by atoms with Crippen LogP contribution < -0.4 is 0 Å². The van der Waals surface area contributed by atoms with Crippen LogP contribution in [0.5, 0.6) is 0 Å². The number of aromatic nitrogens is 2. The Labute approximate surface area is 55.9 Å². The molecule has 54 valence electrons. The average Bonchev–Trinajstić information content (AvgIpc) is 2.13. The molecule has 0 aliphatic heterocycles. The maximum absolute atomic E-state index is 12.1. The first-order valence-corrected chi connectivity index (χ1v) is 2.58. The maximum Gasteiger partial charge on any atom is 0.325 e. The number of carboxylic acid groups (broad SMARTS) is 1. The van der Waals surface area contributed by atoms with Crippen molar-refractivity contribution in [2.75, 3.05) is 0 Å². The van der Waals surface area contributed by atoms with Gasteiger partial charge in [0.1, 0.15) is 6.54 Å². The number of hydrogen-bond donors (Lipinski definition) is 1. The molecule has 0 unspecified atom stereocenters. The molecule has 0 aromatic carbocycles. The van der Waals surface area contributed by atoms with E-state index >= 15 is 0 Å². The minimum Gasteiger partial charge on any atom is -0.480 e. The largest absolute Gasteiger partial charge is 0.480 e. The highest BCUT2D eigenvalue weighted by Crippen LogP contribution is 1.92. The molecule has 1 rings (SSSR count). The summed E-state index contributed by atoms with van der Waals surface area (Å²) in [7, 11) is 0. The number of carboxylic acids is 1. The first-order chi connectivity index (χ1) is 4.68. The lowest BCUT2D eigenvalue weighted by atomic mass is 10.6. The van der Waals surface area contributed by atoms with Crippen LogP contribution in [0.3, 0.4) is 0 Å². The van der Waals surface area contributed by atoms with Gasteiger partial charge in [-0.1, -0.05) is 0 Å². The van der Waals surface area contributed by atoms with Gasteiger partial charge in [-0.15, -0.1) is 0 Å². The smallest absolute Gasteiger partial charge is 0.325 e. The molecule has 10 heavy (non-hydrogen) atoms. The fourth-order valence-electron chi connectivity index (χ4n) is 0.563. The van der Waals surface area contributed by atoms with Crippen molar-refractivity contribution < 1.29 is 14.3 Å². The number of carbonyl (C=O) groups is 1. The molecule has 1 N–H and O–H groups in total. The molecule has 0 aliphatic carbocycles. The standard InChI is InChI=1S/C5H5FN2O2/c6-4-1-7-8(2-4)3-5(9)10/h1-2H,3H2,(H,9,10). The van der Waals surface area contributed by atoms with Gasteiger partial charge in [0.25, 0.3) is 0 Å². The Balaban J connectivity index is 2.67. The predicted molar refractivity (Wildman–Crippen MR) is 29.8 cm³/mol. The molecule has 0 saturated heterocycles. The highest BCUT2D eigenvalue weighted by atomic mass is 19.1. The second-order valence-electron chi connectivity index (χ2n) is 1.75. The third-order valence-corrected chi connectivity index (χ3v) is 0.899. The average molecular weight is 144 g/mol. The van der Waals surface area contributed by atoms with E-state index in [0.29, 0.717) is 0 Å². The number of rotatable bonds is 2. The van der Waals surface area contributed by atoms with Crippen molar-refractivity contribution >= 4 is 5.97 Å². The Bertz CT molecular complexity index is 246. The van der Waals surface area contributed by atoms with Crippen LogP contribution in [0, 0.1) is 5.82 Å². The molecule has 0 bridgehead atoms. The van der Waals surface area contributed by atoms with E-state index in [1.54, 1.807) is 0 Å². The Morgan fingerprint density at radius 2 is 2.60 bits per heavy atom. The summed E-state index contributed by atoms with van der Waals surface area (Å²) in [6.45, 7) is -0.302. The fourth-order valence-corrected chi connectivity index (χ4v) is 0.563. The summed E-state index contributed by atoms with van der Waals surface area (Å²) in [5, 5.41) is 11.6. The van der Waals surface area contributed by atoms with Gasteiger partial charge in [0.15, 0.2) is 5.82 Å². The molecule has 0 atom stereocenters. The fraction of sp³-hybridized carbons (Fsp3) is 0.200. The number of aliphatic carboxylic acids is 1. The number of halogens is 1. The summed E-state index contributed by atoms with van der Waals surface area (Å²) in [6.07, 6.45) is 1.98. The number of hydrogen-bond acceptors (Lipinski definition) is 2. The summed E-state index contributed by atoms with van der Waals surface area (Å²) in [5.74, 6) is -1.57. The summed E-state index contributed by atoms with van der Waals surface area (Å²) >= 11 is 0. The van der Waals surface area contributed by atoms with Crippen molar-refractivity contribution in [1.82, 2.24) is 9.78 Å². The summed E-state index contributed by atoms with van der Waals surface area (Å²) in [6, 6.07) is 0. The Morgan fingerprint density at radius 1 is 1.90 bits per heavy atom. The first-order valence-electron chi connectivity index (χ1n) is 2.58. The minimum absolute atomic E-state index is 0.302. The molecule has 0 aliphatic rings. The summed E-state index contributed by atoms with van der Waals surface area (Å²) < 4.78 is 13.1. The number of nitrogens with zero attached hydrogens (tertiary/aromatic N) is 2. The normalized spacial score (nSPS) is 9.70. The van der Waals surface area contributed by atoms with Crippen molar-refractivity contribution in [3.63, 3.8) is 0 Å². The van der Waals surface area contributed by atoms with E-state index in [4.69, 9.17) is 5.11 Å². The predicted octanol–water partition coefficient (Wildman–Crippen LogP) is 0.107. The first kappa shape index (κ1) is 6.73. The van der Waals surface area contributed by atoms with Gasteiger partial charge in [0, 0.05) is 0 Å². The van der Waals surface area contributed by atoms with Gasteiger partial charge in [-0.2, -0.15) is 5.10 Å². The maximum atomic E-state index is 12.1. The van der Waals surface area contributed by atoms with E-state index in [2.05, 4.69) is 5.10 Å². The highest BCUT2D eigenvalue weighted by Gasteiger charge is 2.00. The van der Waals surface area contributed by atoms with E-state index < -0.39 is 11.8 Å². The molecule has 0 saturated carbocycles. The van der Waals surface area contributed by atoms with Crippen LogP contribution in [0.25, 0.3) is 0 Å². The van der Waals surface area contributed by atoms with Crippen LogP contribution in [0.1, 0.15) is 0 Å². The molecule has 1 heterocycles. The van der Waals surface area contributed by atoms with Crippen LogP contribution in [0.2, 0.25) is 0 Å². The SMILES string of the molecule is O=C(O)Cn1cc(F)cn1. The van der Waals surface area contributed by atoms with Crippen LogP contribution in [0.4, 0.5) is 4.39 Å². The molecule has 0 spiro atoms. The molecule has 5 heteroatoms. The lowest BCUT2D eigenvalue weighted by Crippen LogP contribution is -2.08. The third-order valence-electron chi connectivity index (χ3n) is 0.899. The zero-order valence-corrected chi connectivity index (χ0v) is 4.99. The molecule has 0 amide bonds. The van der Waals surface area contributed by atoms with E-state index in [-0.39, 0.29) is 6.54 Å². The van der Waals surface area contributed by atoms with Gasteiger partial charge in [0.05, 0.1) is 12.4 Å². The van der Waals surface area contributed by atoms with Crippen molar-refractivity contribution in [3.05, 3.63) is 18.2 Å². The molecular weight excluding hydrogens is 139 g/mol. The van der Waals surface area contributed by atoms with E-state index in [1.807, 2.05) is 0 Å². The van der Waals surface area contributed by atoms with Crippen molar-refractivity contribution in [2.45, 2.75) is 6.54 Å². The minimum atomic E-state index is -1.04. The monoisotopic (exact) mass is 144 g/mol. The molecular formula is C5H5FN2O2. The molecule has 1 aromatic heterocycles. The Kier molecular flexibility index (Phi) is 1.66.